The average Bonchev–Trinajstić information content (AvgIpc) is 1.99. The minimum absolute atomic E-state index is 0.636. The quantitative estimate of drug-likeness (QED) is 0.792. The summed E-state index contributed by atoms with van der Waals surface area (Å²) in [6.45, 7) is 0. The van der Waals surface area contributed by atoms with E-state index in [4.69, 9.17) is 4.55 Å². The lowest BCUT2D eigenvalue weighted by Crippen LogP contribution is -2.12. The van der Waals surface area contributed by atoms with E-state index in [0.717, 1.165) is 12.1 Å². The van der Waals surface area contributed by atoms with Crippen molar-refractivity contribution in [2.45, 2.75) is 6.18 Å². The van der Waals surface area contributed by atoms with Crippen LogP contribution in [0.2, 0.25) is 0 Å². The molecule has 0 saturated heterocycles. The zero-order valence-electron chi connectivity index (χ0n) is 6.89. The number of pyridine rings is 1. The first-order valence-electron chi connectivity index (χ1n) is 3.39. The van der Waals surface area contributed by atoms with E-state index in [1.165, 1.54) is 0 Å². The number of alkyl halides is 3. The van der Waals surface area contributed by atoms with E-state index < -0.39 is 28.1 Å². The van der Waals surface area contributed by atoms with Crippen molar-refractivity contribution in [1.82, 2.24) is 4.98 Å². The van der Waals surface area contributed by atoms with Gasteiger partial charge in [0, 0.05) is 6.07 Å². The molecule has 9 heteroatoms. The van der Waals surface area contributed by atoms with Crippen molar-refractivity contribution in [2.75, 3.05) is 0 Å². The van der Waals surface area contributed by atoms with Gasteiger partial charge in [-0.15, -0.1) is 0 Å². The van der Waals surface area contributed by atoms with Crippen molar-refractivity contribution >= 4 is 10.4 Å². The van der Waals surface area contributed by atoms with Crippen molar-refractivity contribution in [3.05, 3.63) is 23.9 Å². The minimum atomic E-state index is -4.87. The van der Waals surface area contributed by atoms with E-state index in [0.29, 0.717) is 6.07 Å². The zero-order chi connectivity index (χ0) is 11.7. The van der Waals surface area contributed by atoms with Crippen molar-refractivity contribution < 1.29 is 30.3 Å². The molecule has 0 saturated carbocycles. The summed E-state index contributed by atoms with van der Waals surface area (Å²) >= 11 is 0. The van der Waals surface area contributed by atoms with Crippen molar-refractivity contribution in [1.29, 1.82) is 0 Å². The number of aromatic nitrogens is 1. The van der Waals surface area contributed by atoms with Gasteiger partial charge in [0.2, 0.25) is 5.88 Å². The molecule has 1 aromatic rings. The van der Waals surface area contributed by atoms with E-state index in [-0.39, 0.29) is 0 Å². The Bertz CT molecular complexity index is 456. The Morgan fingerprint density at radius 3 is 2.40 bits per heavy atom. The van der Waals surface area contributed by atoms with Gasteiger partial charge >= 0.3 is 16.6 Å². The molecule has 0 atom stereocenters. The van der Waals surface area contributed by atoms with Crippen LogP contribution in [0.3, 0.4) is 0 Å². The second-order valence-electron chi connectivity index (χ2n) is 2.37. The second kappa shape index (κ2) is 3.66. The molecule has 0 aliphatic heterocycles. The molecule has 1 N–H and O–H groups in total. The lowest BCUT2D eigenvalue weighted by atomic mass is 10.3. The maximum Gasteiger partial charge on any atom is 0.447 e. The van der Waals surface area contributed by atoms with E-state index in [2.05, 4.69) is 9.17 Å². The first-order chi connectivity index (χ1) is 6.68. The van der Waals surface area contributed by atoms with Crippen molar-refractivity contribution in [2.24, 2.45) is 0 Å². The highest BCUT2D eigenvalue weighted by Crippen LogP contribution is 2.28. The summed E-state index contributed by atoms with van der Waals surface area (Å²) in [7, 11) is -4.87. The first-order valence-corrected chi connectivity index (χ1v) is 4.76. The largest absolute Gasteiger partial charge is 0.447 e. The van der Waals surface area contributed by atoms with Gasteiger partial charge in [-0.3, -0.25) is 4.55 Å². The summed E-state index contributed by atoms with van der Waals surface area (Å²) in [6, 6.07) is 2.40. The molecule has 0 aromatic carbocycles. The smallest absolute Gasteiger partial charge is 0.341 e. The van der Waals surface area contributed by atoms with Crippen LogP contribution in [-0.4, -0.2) is 18.0 Å². The molecule has 0 aliphatic carbocycles. The Balaban J connectivity index is 3.04. The molecule has 0 unspecified atom stereocenters. The fraction of sp³-hybridized carbons (Fsp3) is 0.167. The van der Waals surface area contributed by atoms with Gasteiger partial charge in [0.05, 0.1) is 0 Å². The Morgan fingerprint density at radius 1 is 1.33 bits per heavy atom. The lowest BCUT2D eigenvalue weighted by molar-refractivity contribution is -0.141. The molecule has 1 rings (SSSR count). The summed E-state index contributed by atoms with van der Waals surface area (Å²) in [5, 5.41) is 0. The zero-order valence-corrected chi connectivity index (χ0v) is 7.71. The van der Waals surface area contributed by atoms with Crippen LogP contribution in [0.25, 0.3) is 0 Å². The highest BCUT2D eigenvalue weighted by Gasteiger charge is 2.32. The number of rotatable bonds is 2. The van der Waals surface area contributed by atoms with Crippen LogP contribution in [0, 0.1) is 0 Å². The fourth-order valence-electron chi connectivity index (χ4n) is 0.727. The highest BCUT2D eigenvalue weighted by atomic mass is 32.3. The molecule has 1 aromatic heterocycles. The van der Waals surface area contributed by atoms with Crippen molar-refractivity contribution in [3.8, 4) is 5.88 Å². The van der Waals surface area contributed by atoms with E-state index in [1.54, 1.807) is 0 Å². The SMILES string of the molecule is O=S(=O)(O)Oc1cccc(C(F)(F)F)n1. The highest BCUT2D eigenvalue weighted by molar-refractivity contribution is 7.81. The Kier molecular flexibility index (Phi) is 2.86. The summed E-state index contributed by atoms with van der Waals surface area (Å²) in [5.41, 5.74) is -1.32. The molecule has 0 aliphatic rings. The molecular formula is C6H4F3NO4S. The van der Waals surface area contributed by atoms with Crippen LogP contribution in [0.4, 0.5) is 13.2 Å². The third kappa shape index (κ3) is 3.72. The second-order valence-corrected chi connectivity index (χ2v) is 3.39. The lowest BCUT2D eigenvalue weighted by Gasteiger charge is -2.06. The topological polar surface area (TPSA) is 76.5 Å². The van der Waals surface area contributed by atoms with Gasteiger partial charge in [-0.25, -0.2) is 4.98 Å². The van der Waals surface area contributed by atoms with Gasteiger partial charge in [0.15, 0.2) is 0 Å². The van der Waals surface area contributed by atoms with Gasteiger partial charge in [0.1, 0.15) is 5.69 Å². The summed E-state index contributed by atoms with van der Waals surface area (Å²) < 4.78 is 68.5. The molecule has 15 heavy (non-hydrogen) atoms. The monoisotopic (exact) mass is 243 g/mol. The third-order valence-corrected chi connectivity index (χ3v) is 1.59. The molecule has 1 heterocycles. The van der Waals surface area contributed by atoms with Gasteiger partial charge in [0.25, 0.3) is 0 Å². The number of halogens is 3. The van der Waals surface area contributed by atoms with E-state index in [1.807, 2.05) is 0 Å². The predicted octanol–water partition coefficient (Wildman–Crippen LogP) is 1.28. The van der Waals surface area contributed by atoms with Crippen LogP contribution in [0.15, 0.2) is 18.2 Å². The summed E-state index contributed by atoms with van der Waals surface area (Å²) in [6.07, 6.45) is -4.71. The molecule has 0 radical (unpaired) electrons. The first kappa shape index (κ1) is 11.7. The normalized spacial score (nSPS) is 12.5. The standard InChI is InChI=1S/C6H4F3NO4S/c7-6(8,9)4-2-1-3-5(10-4)14-15(11,12)13/h1-3H,(H,11,12,13). The van der Waals surface area contributed by atoms with Crippen LogP contribution in [0.5, 0.6) is 5.88 Å². The molecule has 0 spiro atoms. The summed E-state index contributed by atoms with van der Waals surface area (Å²) in [5.74, 6) is -0.854. The maximum atomic E-state index is 12.1. The van der Waals surface area contributed by atoms with Gasteiger partial charge < -0.3 is 4.18 Å². The number of hydrogen-bond acceptors (Lipinski definition) is 4. The van der Waals surface area contributed by atoms with Gasteiger partial charge in [-0.1, -0.05) is 6.07 Å². The Hall–Kier alpha value is -1.35. The maximum absolute atomic E-state index is 12.1. The predicted molar refractivity (Wildman–Crippen MR) is 41.4 cm³/mol. The molecule has 84 valence electrons. The number of hydrogen-bond donors (Lipinski definition) is 1. The van der Waals surface area contributed by atoms with Crippen LogP contribution in [-0.2, 0) is 16.6 Å². The third-order valence-electron chi connectivity index (χ3n) is 1.20. The Morgan fingerprint density at radius 2 is 1.93 bits per heavy atom. The molecular weight excluding hydrogens is 239 g/mol. The molecule has 0 amide bonds. The number of nitrogens with zero attached hydrogens (tertiary/aromatic N) is 1. The Labute approximate surface area is 82.5 Å². The van der Waals surface area contributed by atoms with Crippen LogP contribution >= 0.6 is 0 Å². The van der Waals surface area contributed by atoms with E-state index in [9.17, 15) is 21.6 Å². The molecule has 0 bridgehead atoms. The van der Waals surface area contributed by atoms with Crippen molar-refractivity contribution in [3.63, 3.8) is 0 Å². The summed E-state index contributed by atoms with van der Waals surface area (Å²) in [4.78, 5) is 2.84. The van der Waals surface area contributed by atoms with Crippen LogP contribution in [0.1, 0.15) is 5.69 Å². The van der Waals surface area contributed by atoms with Gasteiger partial charge in [-0.05, 0) is 6.07 Å². The molecule has 0 fully saturated rings. The van der Waals surface area contributed by atoms with E-state index >= 15 is 0 Å². The average molecular weight is 243 g/mol. The van der Waals surface area contributed by atoms with Crippen LogP contribution < -0.4 is 4.18 Å². The minimum Gasteiger partial charge on any atom is -0.341 e. The fourth-order valence-corrected chi connectivity index (χ4v) is 1.04. The molecule has 5 nitrogen and oxygen atoms in total. The van der Waals surface area contributed by atoms with Gasteiger partial charge in [-0.2, -0.15) is 21.6 Å².